The zero-order chi connectivity index (χ0) is 19.8. The summed E-state index contributed by atoms with van der Waals surface area (Å²) in [6.45, 7) is 0.703. The summed E-state index contributed by atoms with van der Waals surface area (Å²) in [6, 6.07) is 7.87. The monoisotopic (exact) mass is 417 g/mol. The van der Waals surface area contributed by atoms with E-state index in [1.165, 1.54) is 5.56 Å². The quantitative estimate of drug-likeness (QED) is 0.587. The average Bonchev–Trinajstić information content (AvgIpc) is 3.06. The number of benzene rings is 2. The normalized spacial score (nSPS) is 13.1. The number of rotatable bonds is 5. The molecule has 0 spiro atoms. The Labute approximate surface area is 172 Å². The zero-order valence-corrected chi connectivity index (χ0v) is 17.7. The Morgan fingerprint density at radius 2 is 1.46 bits per heavy atom. The number of hydrogen-bond acceptors (Lipinski definition) is 6. The predicted octanol–water partition coefficient (Wildman–Crippen LogP) is 4.98. The number of halogens is 1. The number of ether oxygens (including phenoxy) is 4. The van der Waals surface area contributed by atoms with Gasteiger partial charge in [-0.2, -0.15) is 0 Å². The number of fused-ring (bicyclic) bond motifs is 2. The molecule has 2 aromatic carbocycles. The summed E-state index contributed by atoms with van der Waals surface area (Å²) in [4.78, 5) is 5.73. The second kappa shape index (κ2) is 7.53. The van der Waals surface area contributed by atoms with Crippen molar-refractivity contribution in [3.63, 3.8) is 0 Å². The fourth-order valence-corrected chi connectivity index (χ4v) is 5.01. The molecule has 0 saturated heterocycles. The third-order valence-corrected chi connectivity index (χ3v) is 6.53. The van der Waals surface area contributed by atoms with Crippen LogP contribution in [-0.2, 0) is 6.42 Å². The van der Waals surface area contributed by atoms with Crippen LogP contribution in [0.3, 0.4) is 0 Å². The number of nitrogens with zero attached hydrogens (tertiary/aromatic N) is 1. The molecule has 0 radical (unpaired) electrons. The van der Waals surface area contributed by atoms with E-state index in [0.29, 0.717) is 28.8 Å². The van der Waals surface area contributed by atoms with Gasteiger partial charge in [0.1, 0.15) is 0 Å². The minimum absolute atomic E-state index is 0.652. The lowest BCUT2D eigenvalue weighted by Gasteiger charge is -2.19. The molecule has 2 heterocycles. The Kier molecular flexibility index (Phi) is 5.08. The van der Waals surface area contributed by atoms with E-state index in [1.807, 2.05) is 24.3 Å². The van der Waals surface area contributed by atoms with Crippen LogP contribution in [0.5, 0.6) is 23.0 Å². The van der Waals surface area contributed by atoms with Gasteiger partial charge in [-0.05, 0) is 30.2 Å². The Bertz CT molecular complexity index is 1090. The van der Waals surface area contributed by atoms with Gasteiger partial charge in [0.15, 0.2) is 23.0 Å². The largest absolute Gasteiger partial charge is 0.493 e. The maximum absolute atomic E-state index is 6.79. The van der Waals surface area contributed by atoms with Crippen LogP contribution < -0.4 is 18.9 Å². The Hall–Kier alpha value is -2.44. The van der Waals surface area contributed by atoms with Gasteiger partial charge in [0.2, 0.25) is 0 Å². The first-order valence-electron chi connectivity index (χ1n) is 8.75. The topological polar surface area (TPSA) is 49.3 Å². The third-order valence-electron chi connectivity index (χ3n) is 4.86. The van der Waals surface area contributed by atoms with Gasteiger partial charge in [-0.15, -0.1) is 11.3 Å². The lowest BCUT2D eigenvalue weighted by Crippen LogP contribution is -2.14. The molecule has 1 aromatic heterocycles. The SMILES string of the molecule is COc1cc2c(cc1OC)C(c1sc3cc(OC)c(OC)cc3c1Cl)=NCC2. The summed E-state index contributed by atoms with van der Waals surface area (Å²) in [5.41, 5.74) is 3.08. The maximum atomic E-state index is 6.79. The lowest BCUT2D eigenvalue weighted by atomic mass is 9.95. The van der Waals surface area contributed by atoms with Crippen molar-refractivity contribution < 1.29 is 18.9 Å². The third kappa shape index (κ3) is 2.97. The summed E-state index contributed by atoms with van der Waals surface area (Å²) in [6.07, 6.45) is 0.851. The van der Waals surface area contributed by atoms with Gasteiger partial charge >= 0.3 is 0 Å². The van der Waals surface area contributed by atoms with Crippen molar-refractivity contribution in [2.24, 2.45) is 4.99 Å². The minimum Gasteiger partial charge on any atom is -0.493 e. The van der Waals surface area contributed by atoms with E-state index in [1.54, 1.807) is 39.8 Å². The highest BCUT2D eigenvalue weighted by Crippen LogP contribution is 2.44. The number of hydrogen-bond donors (Lipinski definition) is 0. The van der Waals surface area contributed by atoms with Gasteiger partial charge in [0.05, 0.1) is 44.1 Å². The molecule has 4 rings (SSSR count). The van der Waals surface area contributed by atoms with Gasteiger partial charge in [-0.1, -0.05) is 11.6 Å². The molecule has 0 bridgehead atoms. The highest BCUT2D eigenvalue weighted by Gasteiger charge is 2.24. The first-order chi connectivity index (χ1) is 13.6. The fourth-order valence-electron chi connectivity index (χ4n) is 3.46. The van der Waals surface area contributed by atoms with Crippen molar-refractivity contribution in [3.8, 4) is 23.0 Å². The van der Waals surface area contributed by atoms with E-state index in [0.717, 1.165) is 38.4 Å². The van der Waals surface area contributed by atoms with Gasteiger partial charge in [-0.25, -0.2) is 0 Å². The average molecular weight is 418 g/mol. The van der Waals surface area contributed by atoms with Gasteiger partial charge in [0.25, 0.3) is 0 Å². The molecule has 1 aliphatic heterocycles. The highest BCUT2D eigenvalue weighted by atomic mass is 35.5. The molecular formula is C21H20ClNO4S. The molecule has 0 aliphatic carbocycles. The first kappa shape index (κ1) is 18.9. The second-order valence-electron chi connectivity index (χ2n) is 6.29. The van der Waals surface area contributed by atoms with Crippen LogP contribution in [0, 0.1) is 0 Å². The molecule has 0 saturated carbocycles. The van der Waals surface area contributed by atoms with Gasteiger partial charge < -0.3 is 18.9 Å². The van der Waals surface area contributed by atoms with Crippen LogP contribution in [-0.4, -0.2) is 40.7 Å². The van der Waals surface area contributed by atoms with Crippen LogP contribution in [0.25, 0.3) is 10.1 Å². The van der Waals surface area contributed by atoms with Crippen molar-refractivity contribution in [3.05, 3.63) is 45.3 Å². The summed E-state index contributed by atoms with van der Waals surface area (Å²) < 4.78 is 22.8. The molecule has 0 atom stereocenters. The summed E-state index contributed by atoms with van der Waals surface area (Å²) in [7, 11) is 6.52. The van der Waals surface area contributed by atoms with Gasteiger partial charge in [0, 0.05) is 28.3 Å². The second-order valence-corrected chi connectivity index (χ2v) is 7.72. The van der Waals surface area contributed by atoms with Crippen LogP contribution in [0.15, 0.2) is 29.3 Å². The van der Waals surface area contributed by atoms with Crippen LogP contribution >= 0.6 is 22.9 Å². The van der Waals surface area contributed by atoms with Crippen LogP contribution in [0.4, 0.5) is 0 Å². The molecule has 28 heavy (non-hydrogen) atoms. The van der Waals surface area contributed by atoms with E-state index in [9.17, 15) is 0 Å². The van der Waals surface area contributed by atoms with E-state index >= 15 is 0 Å². The standard InChI is InChI=1S/C21H20ClNO4S/c1-24-14-7-11-5-6-23-20(12(11)8-15(14)25-2)21-19(22)13-9-16(26-3)17(27-4)10-18(13)28-21/h7-10H,5-6H2,1-4H3. The van der Waals surface area contributed by atoms with E-state index in [-0.39, 0.29) is 0 Å². The van der Waals surface area contributed by atoms with Crippen molar-refractivity contribution in [1.82, 2.24) is 0 Å². The molecule has 0 amide bonds. The van der Waals surface area contributed by atoms with Crippen molar-refractivity contribution in [2.45, 2.75) is 6.42 Å². The number of methoxy groups -OCH3 is 4. The molecule has 0 fully saturated rings. The predicted molar refractivity (Wildman–Crippen MR) is 114 cm³/mol. The highest BCUT2D eigenvalue weighted by molar-refractivity contribution is 7.22. The molecule has 3 aromatic rings. The minimum atomic E-state index is 0.652. The van der Waals surface area contributed by atoms with Crippen LogP contribution in [0.2, 0.25) is 5.02 Å². The maximum Gasteiger partial charge on any atom is 0.162 e. The van der Waals surface area contributed by atoms with Crippen molar-refractivity contribution in [1.29, 1.82) is 0 Å². The smallest absolute Gasteiger partial charge is 0.162 e. The molecule has 5 nitrogen and oxygen atoms in total. The Balaban J connectivity index is 1.90. The summed E-state index contributed by atoms with van der Waals surface area (Å²) >= 11 is 8.39. The summed E-state index contributed by atoms with van der Waals surface area (Å²) in [5, 5.41) is 1.59. The lowest BCUT2D eigenvalue weighted by molar-refractivity contribution is 0.354. The van der Waals surface area contributed by atoms with Crippen molar-refractivity contribution in [2.75, 3.05) is 35.0 Å². The molecular weight excluding hydrogens is 398 g/mol. The molecule has 7 heteroatoms. The Morgan fingerprint density at radius 3 is 2.14 bits per heavy atom. The van der Waals surface area contributed by atoms with Gasteiger partial charge in [-0.3, -0.25) is 4.99 Å². The number of aliphatic imine (C=N–C) groups is 1. The Morgan fingerprint density at radius 1 is 0.857 bits per heavy atom. The van der Waals surface area contributed by atoms with E-state index in [4.69, 9.17) is 35.5 Å². The van der Waals surface area contributed by atoms with Crippen molar-refractivity contribution >= 4 is 38.7 Å². The zero-order valence-electron chi connectivity index (χ0n) is 16.1. The molecule has 146 valence electrons. The first-order valence-corrected chi connectivity index (χ1v) is 9.94. The molecule has 0 unspecified atom stereocenters. The number of thiophene rings is 1. The molecule has 1 aliphatic rings. The van der Waals surface area contributed by atoms with Crippen LogP contribution in [0.1, 0.15) is 16.0 Å². The summed E-state index contributed by atoms with van der Waals surface area (Å²) in [5.74, 6) is 2.73. The molecule has 0 N–H and O–H groups in total. The van der Waals surface area contributed by atoms with E-state index in [2.05, 4.69) is 0 Å². The van der Waals surface area contributed by atoms with E-state index < -0.39 is 0 Å². The fraction of sp³-hybridized carbons (Fsp3) is 0.286.